The number of ether oxygens (including phenoxy) is 1. The monoisotopic (exact) mass is 278 g/mol. The molecule has 4 heteroatoms. The Balaban J connectivity index is 1.66. The summed E-state index contributed by atoms with van der Waals surface area (Å²) in [5.74, 6) is 1.56. The average Bonchev–Trinajstić information content (AvgIpc) is 2.90. The van der Waals surface area contributed by atoms with Crippen LogP contribution in [0.25, 0.3) is 0 Å². The van der Waals surface area contributed by atoms with Gasteiger partial charge in [-0.05, 0) is 50.1 Å². The Morgan fingerprint density at radius 1 is 1.30 bits per heavy atom. The van der Waals surface area contributed by atoms with Crippen molar-refractivity contribution >= 4 is 5.69 Å². The van der Waals surface area contributed by atoms with E-state index < -0.39 is 6.10 Å². The molecule has 0 heterocycles. The lowest BCUT2D eigenvalue weighted by molar-refractivity contribution is 0.0720. The molecule has 0 amide bonds. The van der Waals surface area contributed by atoms with Crippen LogP contribution in [0.15, 0.2) is 24.3 Å². The van der Waals surface area contributed by atoms with Crippen LogP contribution in [0.5, 0.6) is 5.75 Å². The highest BCUT2D eigenvalue weighted by atomic mass is 16.5. The van der Waals surface area contributed by atoms with E-state index in [4.69, 9.17) is 10.5 Å². The third kappa shape index (κ3) is 5.02. The van der Waals surface area contributed by atoms with Crippen molar-refractivity contribution in [2.24, 2.45) is 5.92 Å². The van der Waals surface area contributed by atoms with Crippen molar-refractivity contribution in [1.29, 1.82) is 0 Å². The van der Waals surface area contributed by atoms with E-state index in [9.17, 15) is 5.11 Å². The summed E-state index contributed by atoms with van der Waals surface area (Å²) in [5, 5.41) is 10.0. The van der Waals surface area contributed by atoms with Gasteiger partial charge in [0, 0.05) is 18.8 Å². The molecule has 1 unspecified atom stereocenters. The molecular weight excluding hydrogens is 252 g/mol. The minimum Gasteiger partial charge on any atom is -0.491 e. The van der Waals surface area contributed by atoms with Crippen LogP contribution >= 0.6 is 0 Å². The van der Waals surface area contributed by atoms with E-state index in [1.54, 1.807) is 12.1 Å². The fourth-order valence-electron chi connectivity index (χ4n) is 2.88. The van der Waals surface area contributed by atoms with Gasteiger partial charge in [-0.2, -0.15) is 0 Å². The fraction of sp³-hybridized carbons (Fsp3) is 0.625. The molecule has 4 nitrogen and oxygen atoms in total. The smallest absolute Gasteiger partial charge is 0.119 e. The predicted octanol–water partition coefficient (Wildman–Crippen LogP) is 2.13. The van der Waals surface area contributed by atoms with Gasteiger partial charge < -0.3 is 20.5 Å². The van der Waals surface area contributed by atoms with Crippen LogP contribution in [0.2, 0.25) is 0 Å². The topological polar surface area (TPSA) is 58.7 Å². The van der Waals surface area contributed by atoms with Crippen molar-refractivity contribution in [3.8, 4) is 5.75 Å². The Morgan fingerprint density at radius 2 is 1.95 bits per heavy atom. The van der Waals surface area contributed by atoms with Gasteiger partial charge in [-0.3, -0.25) is 0 Å². The molecule has 1 aliphatic carbocycles. The quantitative estimate of drug-likeness (QED) is 0.750. The summed E-state index contributed by atoms with van der Waals surface area (Å²) >= 11 is 0. The minimum atomic E-state index is -0.459. The molecular formula is C16H26N2O2. The standard InChI is InChI=1S/C16H26N2O2/c1-18(10-13-4-2-3-5-13)11-15(19)12-20-16-8-6-14(17)7-9-16/h6-9,13,15,19H,2-5,10-12,17H2,1H3. The van der Waals surface area contributed by atoms with Gasteiger partial charge in [-0.1, -0.05) is 12.8 Å². The van der Waals surface area contributed by atoms with E-state index in [0.29, 0.717) is 18.8 Å². The lowest BCUT2D eigenvalue weighted by Crippen LogP contribution is -2.35. The Hall–Kier alpha value is -1.26. The molecule has 2 rings (SSSR count). The highest BCUT2D eigenvalue weighted by Gasteiger charge is 2.18. The van der Waals surface area contributed by atoms with Gasteiger partial charge >= 0.3 is 0 Å². The van der Waals surface area contributed by atoms with E-state index in [2.05, 4.69) is 11.9 Å². The molecule has 1 saturated carbocycles. The third-order valence-corrected chi connectivity index (χ3v) is 3.89. The number of benzene rings is 1. The van der Waals surface area contributed by atoms with E-state index in [0.717, 1.165) is 18.2 Å². The number of anilines is 1. The van der Waals surface area contributed by atoms with Gasteiger partial charge in [0.1, 0.15) is 18.5 Å². The van der Waals surface area contributed by atoms with Crippen LogP contribution in [0, 0.1) is 5.92 Å². The first-order valence-electron chi connectivity index (χ1n) is 7.48. The number of hydrogen-bond donors (Lipinski definition) is 2. The first-order valence-corrected chi connectivity index (χ1v) is 7.48. The van der Waals surface area contributed by atoms with Crippen molar-refractivity contribution in [1.82, 2.24) is 4.90 Å². The van der Waals surface area contributed by atoms with E-state index in [1.807, 2.05) is 12.1 Å². The molecule has 1 aliphatic rings. The largest absolute Gasteiger partial charge is 0.491 e. The molecule has 1 aromatic carbocycles. The summed E-state index contributed by atoms with van der Waals surface area (Å²) in [6.07, 6.45) is 4.94. The van der Waals surface area contributed by atoms with Gasteiger partial charge in [-0.15, -0.1) is 0 Å². The second kappa shape index (κ2) is 7.50. The van der Waals surface area contributed by atoms with Gasteiger partial charge in [0.15, 0.2) is 0 Å². The summed E-state index contributed by atoms with van der Waals surface area (Å²) in [4.78, 5) is 2.22. The molecule has 20 heavy (non-hydrogen) atoms. The number of rotatable bonds is 7. The molecule has 3 N–H and O–H groups in total. The molecule has 0 radical (unpaired) electrons. The molecule has 1 aromatic rings. The van der Waals surface area contributed by atoms with Gasteiger partial charge in [0.2, 0.25) is 0 Å². The van der Waals surface area contributed by atoms with Crippen LogP contribution in [-0.2, 0) is 0 Å². The Morgan fingerprint density at radius 3 is 2.60 bits per heavy atom. The van der Waals surface area contributed by atoms with Gasteiger partial charge in [0.05, 0.1) is 0 Å². The summed E-state index contributed by atoms with van der Waals surface area (Å²) in [6.45, 7) is 2.06. The maximum atomic E-state index is 10.0. The number of likely N-dealkylation sites (N-methyl/N-ethyl adjacent to an activating group) is 1. The number of nitrogens with two attached hydrogens (primary N) is 1. The molecule has 1 atom stereocenters. The number of aliphatic hydroxyl groups is 1. The zero-order valence-electron chi connectivity index (χ0n) is 12.3. The normalized spacial score (nSPS) is 17.6. The lowest BCUT2D eigenvalue weighted by atomic mass is 10.1. The van der Waals surface area contributed by atoms with E-state index in [1.165, 1.54) is 25.7 Å². The molecule has 0 spiro atoms. The first-order chi connectivity index (χ1) is 9.63. The Kier molecular flexibility index (Phi) is 5.68. The molecule has 0 aromatic heterocycles. The number of aliphatic hydroxyl groups excluding tert-OH is 1. The molecule has 0 aliphatic heterocycles. The van der Waals surface area contributed by atoms with Gasteiger partial charge in [-0.25, -0.2) is 0 Å². The minimum absolute atomic E-state index is 0.318. The fourth-order valence-corrected chi connectivity index (χ4v) is 2.88. The summed E-state index contributed by atoms with van der Waals surface area (Å²) in [6, 6.07) is 7.25. The van der Waals surface area contributed by atoms with E-state index >= 15 is 0 Å². The number of hydrogen-bond acceptors (Lipinski definition) is 4. The van der Waals surface area contributed by atoms with E-state index in [-0.39, 0.29) is 0 Å². The zero-order chi connectivity index (χ0) is 14.4. The Labute approximate surface area is 121 Å². The lowest BCUT2D eigenvalue weighted by Gasteiger charge is -2.23. The van der Waals surface area contributed by atoms with Crippen molar-refractivity contribution in [2.45, 2.75) is 31.8 Å². The van der Waals surface area contributed by atoms with Crippen LogP contribution in [0.4, 0.5) is 5.69 Å². The number of nitrogens with zero attached hydrogens (tertiary/aromatic N) is 1. The second-order valence-electron chi connectivity index (χ2n) is 5.91. The van der Waals surface area contributed by atoms with Crippen molar-refractivity contribution in [3.63, 3.8) is 0 Å². The zero-order valence-corrected chi connectivity index (χ0v) is 12.3. The van der Waals surface area contributed by atoms with Crippen LogP contribution in [-0.4, -0.2) is 42.9 Å². The van der Waals surface area contributed by atoms with Crippen molar-refractivity contribution < 1.29 is 9.84 Å². The first kappa shape index (κ1) is 15.1. The summed E-state index contributed by atoms with van der Waals surface area (Å²) in [7, 11) is 2.07. The molecule has 0 saturated heterocycles. The number of nitrogen functional groups attached to an aromatic ring is 1. The van der Waals surface area contributed by atoms with Crippen LogP contribution < -0.4 is 10.5 Å². The Bertz CT molecular complexity index is 388. The summed E-state index contributed by atoms with van der Waals surface area (Å²) in [5.41, 5.74) is 6.33. The van der Waals surface area contributed by atoms with Gasteiger partial charge in [0.25, 0.3) is 0 Å². The highest BCUT2D eigenvalue weighted by molar-refractivity contribution is 5.41. The average molecular weight is 278 g/mol. The van der Waals surface area contributed by atoms with Crippen molar-refractivity contribution in [2.75, 3.05) is 32.5 Å². The van der Waals surface area contributed by atoms with Crippen LogP contribution in [0.3, 0.4) is 0 Å². The SMILES string of the molecule is CN(CC(O)COc1ccc(N)cc1)CC1CCCC1. The molecule has 0 bridgehead atoms. The second-order valence-corrected chi connectivity index (χ2v) is 5.91. The predicted molar refractivity (Wildman–Crippen MR) is 81.8 cm³/mol. The summed E-state index contributed by atoms with van der Waals surface area (Å²) < 4.78 is 5.56. The third-order valence-electron chi connectivity index (χ3n) is 3.89. The van der Waals surface area contributed by atoms with Crippen molar-refractivity contribution in [3.05, 3.63) is 24.3 Å². The highest BCUT2D eigenvalue weighted by Crippen LogP contribution is 2.25. The molecule has 112 valence electrons. The molecule has 1 fully saturated rings. The van der Waals surface area contributed by atoms with Crippen LogP contribution in [0.1, 0.15) is 25.7 Å². The maximum absolute atomic E-state index is 10.0. The maximum Gasteiger partial charge on any atom is 0.119 e.